The monoisotopic (exact) mass is 366 g/mol. The van der Waals surface area contributed by atoms with Gasteiger partial charge in [0, 0.05) is 0 Å². The fourth-order valence-corrected chi connectivity index (χ4v) is 3.00. The molecule has 0 aromatic heterocycles. The molecule has 1 aromatic carbocycles. The maximum Gasteiger partial charge on any atom is 0.336 e. The van der Waals surface area contributed by atoms with Crippen LogP contribution in [0.4, 0.5) is 0 Å². The molecule has 142 valence electrons. The molecular weight excluding hydrogens is 344 g/mol. The highest BCUT2D eigenvalue weighted by atomic mass is 16.4. The number of aromatic carboxylic acids is 4. The zero-order valence-corrected chi connectivity index (χ0v) is 14.6. The average molecular weight is 366 g/mol. The quantitative estimate of drug-likeness (QED) is 0.493. The summed E-state index contributed by atoms with van der Waals surface area (Å²) in [5.41, 5.74) is -3.00. The lowest BCUT2D eigenvalue weighted by atomic mass is 9.83. The van der Waals surface area contributed by atoms with Crippen LogP contribution in [0.25, 0.3) is 0 Å². The summed E-state index contributed by atoms with van der Waals surface area (Å²) in [5.74, 6) is -6.52. The largest absolute Gasteiger partial charge is 0.478 e. The van der Waals surface area contributed by atoms with Crippen LogP contribution in [0.3, 0.4) is 0 Å². The van der Waals surface area contributed by atoms with Gasteiger partial charge in [-0.15, -0.1) is 0 Å². The predicted molar refractivity (Wildman–Crippen MR) is 91.3 cm³/mol. The molecule has 1 aromatic rings. The highest BCUT2D eigenvalue weighted by molar-refractivity contribution is 6.10. The summed E-state index contributed by atoms with van der Waals surface area (Å²) in [4.78, 5) is 46.3. The van der Waals surface area contributed by atoms with E-state index in [1.807, 2.05) is 13.8 Å². The second kappa shape index (κ2) is 8.98. The molecule has 1 rings (SSSR count). The molecule has 0 aliphatic carbocycles. The molecule has 0 saturated heterocycles. The molecule has 8 nitrogen and oxygen atoms in total. The molecule has 0 spiro atoms. The molecule has 1 atom stereocenters. The average Bonchev–Trinajstić information content (AvgIpc) is 2.56. The fourth-order valence-electron chi connectivity index (χ4n) is 3.00. The Morgan fingerprint density at radius 1 is 0.846 bits per heavy atom. The SMILES string of the molecule is CCCCC(CC)Cc1c(C(=O)O)c(C(=O)O)cc(C(=O)O)c1C(=O)O. The highest BCUT2D eigenvalue weighted by Crippen LogP contribution is 2.29. The summed E-state index contributed by atoms with van der Waals surface area (Å²) < 4.78 is 0. The summed E-state index contributed by atoms with van der Waals surface area (Å²) in [7, 11) is 0. The minimum atomic E-state index is -1.62. The first kappa shape index (κ1) is 21.1. The fraction of sp³-hybridized carbons (Fsp3) is 0.444. The van der Waals surface area contributed by atoms with Crippen molar-refractivity contribution in [2.45, 2.75) is 46.0 Å². The van der Waals surface area contributed by atoms with Gasteiger partial charge in [0.25, 0.3) is 0 Å². The van der Waals surface area contributed by atoms with Crippen LogP contribution in [-0.2, 0) is 6.42 Å². The van der Waals surface area contributed by atoms with E-state index < -0.39 is 46.1 Å². The van der Waals surface area contributed by atoms with Crippen LogP contribution in [-0.4, -0.2) is 44.3 Å². The van der Waals surface area contributed by atoms with E-state index in [2.05, 4.69) is 0 Å². The summed E-state index contributed by atoms with van der Waals surface area (Å²) in [6.45, 7) is 3.84. The Morgan fingerprint density at radius 3 is 1.62 bits per heavy atom. The Hall–Kier alpha value is -2.90. The van der Waals surface area contributed by atoms with Gasteiger partial charge in [-0.1, -0.05) is 39.5 Å². The van der Waals surface area contributed by atoms with Gasteiger partial charge in [-0.3, -0.25) is 0 Å². The van der Waals surface area contributed by atoms with E-state index in [0.29, 0.717) is 18.9 Å². The summed E-state index contributed by atoms with van der Waals surface area (Å²) in [6, 6.07) is 0.605. The van der Waals surface area contributed by atoms with E-state index in [9.17, 15) is 39.6 Å². The van der Waals surface area contributed by atoms with Gasteiger partial charge >= 0.3 is 23.9 Å². The molecule has 0 amide bonds. The number of carbonyl (C=O) groups is 4. The molecule has 0 heterocycles. The van der Waals surface area contributed by atoms with Crippen molar-refractivity contribution in [2.75, 3.05) is 0 Å². The number of carboxylic acid groups (broad SMARTS) is 4. The van der Waals surface area contributed by atoms with Gasteiger partial charge in [0.2, 0.25) is 0 Å². The maximum absolute atomic E-state index is 11.7. The third-order valence-corrected chi connectivity index (χ3v) is 4.36. The smallest absolute Gasteiger partial charge is 0.336 e. The van der Waals surface area contributed by atoms with Crippen molar-refractivity contribution in [3.63, 3.8) is 0 Å². The number of benzene rings is 1. The number of hydrogen-bond donors (Lipinski definition) is 4. The van der Waals surface area contributed by atoms with Crippen molar-refractivity contribution in [2.24, 2.45) is 5.92 Å². The minimum absolute atomic E-state index is 0.0127. The lowest BCUT2D eigenvalue weighted by Gasteiger charge is -2.20. The van der Waals surface area contributed by atoms with E-state index in [0.717, 1.165) is 12.8 Å². The van der Waals surface area contributed by atoms with Crippen molar-refractivity contribution in [1.82, 2.24) is 0 Å². The third kappa shape index (κ3) is 4.59. The van der Waals surface area contributed by atoms with Gasteiger partial charge in [0.15, 0.2) is 0 Å². The van der Waals surface area contributed by atoms with Crippen molar-refractivity contribution in [3.8, 4) is 0 Å². The molecule has 0 saturated carbocycles. The minimum Gasteiger partial charge on any atom is -0.478 e. The maximum atomic E-state index is 11.7. The Bertz CT molecular complexity index is 685. The first-order chi connectivity index (χ1) is 12.1. The normalized spacial score (nSPS) is 11.8. The molecule has 4 N–H and O–H groups in total. The standard InChI is InChI=1S/C18H22O8/c1-3-5-6-9(4-2)7-10-13(17(23)24)11(15(19)20)8-12(16(21)22)14(10)18(25)26/h8-9H,3-7H2,1-2H3,(H,19,20)(H,21,22)(H,23,24)(H,25,26). The van der Waals surface area contributed by atoms with E-state index in [1.54, 1.807) is 0 Å². The number of carboxylic acids is 4. The van der Waals surface area contributed by atoms with Crippen molar-refractivity contribution in [3.05, 3.63) is 33.9 Å². The van der Waals surface area contributed by atoms with Crippen LogP contribution in [0.5, 0.6) is 0 Å². The number of unbranched alkanes of at least 4 members (excludes halogenated alkanes) is 1. The first-order valence-electron chi connectivity index (χ1n) is 8.28. The zero-order chi connectivity index (χ0) is 20.0. The highest BCUT2D eigenvalue weighted by Gasteiger charge is 2.31. The van der Waals surface area contributed by atoms with Crippen molar-refractivity contribution < 1.29 is 39.6 Å². The van der Waals surface area contributed by atoms with Gasteiger partial charge < -0.3 is 20.4 Å². The molecule has 1 unspecified atom stereocenters. The van der Waals surface area contributed by atoms with Gasteiger partial charge in [-0.2, -0.15) is 0 Å². The Labute approximate surface area is 150 Å². The van der Waals surface area contributed by atoms with Crippen molar-refractivity contribution in [1.29, 1.82) is 0 Å². The summed E-state index contributed by atoms with van der Waals surface area (Å²) in [6.07, 6.45) is 3.04. The molecule has 0 aliphatic heterocycles. The Morgan fingerprint density at radius 2 is 1.31 bits per heavy atom. The van der Waals surface area contributed by atoms with E-state index >= 15 is 0 Å². The van der Waals surface area contributed by atoms with Gasteiger partial charge in [0.05, 0.1) is 22.3 Å². The molecular formula is C18H22O8. The van der Waals surface area contributed by atoms with Crippen LogP contribution in [0, 0.1) is 5.92 Å². The predicted octanol–water partition coefficient (Wildman–Crippen LogP) is 3.24. The lowest BCUT2D eigenvalue weighted by molar-refractivity contribution is 0.0634. The molecule has 8 heteroatoms. The topological polar surface area (TPSA) is 149 Å². The molecule has 26 heavy (non-hydrogen) atoms. The van der Waals surface area contributed by atoms with Crippen LogP contribution in [0.1, 0.15) is 86.5 Å². The van der Waals surface area contributed by atoms with Gasteiger partial charge in [0.1, 0.15) is 0 Å². The van der Waals surface area contributed by atoms with Gasteiger partial charge in [-0.05, 0) is 24.0 Å². The second-order valence-corrected chi connectivity index (χ2v) is 6.04. The number of hydrogen-bond acceptors (Lipinski definition) is 4. The van der Waals surface area contributed by atoms with Gasteiger partial charge in [-0.25, -0.2) is 19.2 Å². The Balaban J connectivity index is 3.79. The third-order valence-electron chi connectivity index (χ3n) is 4.36. The number of rotatable bonds is 10. The molecule has 0 bridgehead atoms. The van der Waals surface area contributed by atoms with E-state index in [4.69, 9.17) is 0 Å². The first-order valence-corrected chi connectivity index (χ1v) is 8.28. The van der Waals surface area contributed by atoms with Crippen LogP contribution in [0.15, 0.2) is 6.07 Å². The van der Waals surface area contributed by atoms with Crippen molar-refractivity contribution >= 4 is 23.9 Å². The van der Waals surface area contributed by atoms with Crippen LogP contribution < -0.4 is 0 Å². The molecule has 0 fully saturated rings. The summed E-state index contributed by atoms with van der Waals surface area (Å²) >= 11 is 0. The second-order valence-electron chi connectivity index (χ2n) is 6.04. The van der Waals surface area contributed by atoms with E-state index in [1.165, 1.54) is 0 Å². The summed E-state index contributed by atoms with van der Waals surface area (Å²) in [5, 5.41) is 37.6. The molecule has 0 radical (unpaired) electrons. The van der Waals surface area contributed by atoms with E-state index in [-0.39, 0.29) is 17.9 Å². The zero-order valence-electron chi connectivity index (χ0n) is 14.6. The lowest BCUT2D eigenvalue weighted by Crippen LogP contribution is -2.22. The molecule has 0 aliphatic rings. The van der Waals surface area contributed by atoms with Crippen LogP contribution in [0.2, 0.25) is 0 Å². The Kier molecular flexibility index (Phi) is 7.30. The van der Waals surface area contributed by atoms with Crippen LogP contribution >= 0.6 is 0 Å².